The Morgan fingerprint density at radius 1 is 1.08 bits per heavy atom. The van der Waals surface area contributed by atoms with Crippen molar-refractivity contribution in [2.45, 2.75) is 6.42 Å². The number of hydrogen-bond acceptors (Lipinski definition) is 4. The van der Waals surface area contributed by atoms with Gasteiger partial charge in [-0.1, -0.05) is 29.8 Å². The molecule has 5 nitrogen and oxygen atoms in total. The average Bonchev–Trinajstić information content (AvgIpc) is 2.64. The van der Waals surface area contributed by atoms with Gasteiger partial charge in [0.15, 0.2) is 0 Å². The van der Waals surface area contributed by atoms with E-state index in [1.54, 1.807) is 12.1 Å². The van der Waals surface area contributed by atoms with Crippen molar-refractivity contribution >= 4 is 29.1 Å². The largest absolute Gasteiger partial charge is 0.352 e. The number of amides is 1. The zero-order chi connectivity index (χ0) is 18.4. The van der Waals surface area contributed by atoms with E-state index in [0.717, 1.165) is 5.56 Å². The number of carbonyl (C=O) groups excluding carboxylic acids is 1. The SMILES string of the molecule is O=C(NCCc1ccc(Cl)cc1)c1cnc(Nc2cccc(F)c2)nc1. The molecule has 0 bridgehead atoms. The second kappa shape index (κ2) is 8.40. The Morgan fingerprint density at radius 2 is 1.81 bits per heavy atom. The predicted molar refractivity (Wildman–Crippen MR) is 99.2 cm³/mol. The van der Waals surface area contributed by atoms with Gasteiger partial charge in [-0.05, 0) is 42.3 Å². The molecule has 3 aromatic rings. The van der Waals surface area contributed by atoms with Gasteiger partial charge in [0, 0.05) is 29.6 Å². The van der Waals surface area contributed by atoms with Crippen LogP contribution < -0.4 is 10.6 Å². The van der Waals surface area contributed by atoms with E-state index in [-0.39, 0.29) is 17.7 Å². The molecular weight excluding hydrogens is 355 g/mol. The second-order valence-corrected chi connectivity index (χ2v) is 6.00. The summed E-state index contributed by atoms with van der Waals surface area (Å²) in [5, 5.41) is 6.37. The lowest BCUT2D eigenvalue weighted by Gasteiger charge is -2.07. The van der Waals surface area contributed by atoms with Crippen molar-refractivity contribution < 1.29 is 9.18 Å². The standard InChI is InChI=1S/C19H16ClFN4O/c20-15-6-4-13(5-7-15)8-9-22-18(26)14-11-23-19(24-12-14)25-17-3-1-2-16(21)10-17/h1-7,10-12H,8-9H2,(H,22,26)(H,23,24,25). The molecule has 2 N–H and O–H groups in total. The number of benzene rings is 2. The number of aromatic nitrogens is 2. The first-order valence-corrected chi connectivity index (χ1v) is 8.35. The van der Waals surface area contributed by atoms with Gasteiger partial charge in [-0.3, -0.25) is 4.79 Å². The molecule has 0 fully saturated rings. The van der Waals surface area contributed by atoms with Crippen molar-refractivity contribution in [1.82, 2.24) is 15.3 Å². The maximum absolute atomic E-state index is 13.2. The van der Waals surface area contributed by atoms with Crippen LogP contribution >= 0.6 is 11.6 Å². The van der Waals surface area contributed by atoms with E-state index in [9.17, 15) is 9.18 Å². The van der Waals surface area contributed by atoms with Crippen LogP contribution in [0.15, 0.2) is 60.9 Å². The molecule has 0 radical (unpaired) electrons. The Balaban J connectivity index is 1.52. The van der Waals surface area contributed by atoms with Gasteiger partial charge < -0.3 is 10.6 Å². The molecule has 7 heteroatoms. The van der Waals surface area contributed by atoms with E-state index in [2.05, 4.69) is 20.6 Å². The van der Waals surface area contributed by atoms with Crippen LogP contribution in [-0.2, 0) is 6.42 Å². The first-order valence-electron chi connectivity index (χ1n) is 7.97. The van der Waals surface area contributed by atoms with Crippen molar-refractivity contribution in [3.8, 4) is 0 Å². The molecular formula is C19H16ClFN4O. The third kappa shape index (κ3) is 5.00. The highest BCUT2D eigenvalue weighted by Crippen LogP contribution is 2.14. The molecule has 0 aliphatic carbocycles. The lowest BCUT2D eigenvalue weighted by atomic mass is 10.1. The number of hydrogen-bond donors (Lipinski definition) is 2. The van der Waals surface area contributed by atoms with E-state index < -0.39 is 0 Å². The average molecular weight is 371 g/mol. The van der Waals surface area contributed by atoms with Gasteiger partial charge in [0.2, 0.25) is 5.95 Å². The zero-order valence-electron chi connectivity index (χ0n) is 13.7. The Kier molecular flexibility index (Phi) is 5.76. The van der Waals surface area contributed by atoms with Gasteiger partial charge in [0.25, 0.3) is 5.91 Å². The highest BCUT2D eigenvalue weighted by molar-refractivity contribution is 6.30. The number of carbonyl (C=O) groups is 1. The summed E-state index contributed by atoms with van der Waals surface area (Å²) in [7, 11) is 0. The van der Waals surface area contributed by atoms with Crippen LogP contribution in [0.2, 0.25) is 5.02 Å². The van der Waals surface area contributed by atoms with Gasteiger partial charge in [-0.25, -0.2) is 14.4 Å². The first-order chi connectivity index (χ1) is 12.6. The summed E-state index contributed by atoms with van der Waals surface area (Å²) < 4.78 is 13.2. The van der Waals surface area contributed by atoms with Crippen LogP contribution in [0.25, 0.3) is 0 Å². The van der Waals surface area contributed by atoms with Crippen molar-refractivity contribution in [2.24, 2.45) is 0 Å². The minimum Gasteiger partial charge on any atom is -0.352 e. The molecule has 0 saturated heterocycles. The highest BCUT2D eigenvalue weighted by Gasteiger charge is 2.07. The molecule has 1 amide bonds. The third-order valence-electron chi connectivity index (χ3n) is 3.61. The van der Waals surface area contributed by atoms with Crippen LogP contribution in [-0.4, -0.2) is 22.4 Å². The minimum atomic E-state index is -0.355. The fraction of sp³-hybridized carbons (Fsp3) is 0.105. The number of halogens is 2. The van der Waals surface area contributed by atoms with Gasteiger partial charge in [0.1, 0.15) is 5.82 Å². The number of anilines is 2. The quantitative estimate of drug-likeness (QED) is 0.688. The molecule has 0 aliphatic rings. The normalized spacial score (nSPS) is 10.4. The summed E-state index contributed by atoms with van der Waals surface area (Å²) in [5.74, 6) is -0.323. The summed E-state index contributed by atoms with van der Waals surface area (Å²) in [5.41, 5.74) is 1.97. The van der Waals surface area contributed by atoms with Crippen LogP contribution in [0.3, 0.4) is 0 Å². The van der Waals surface area contributed by atoms with E-state index in [1.807, 2.05) is 24.3 Å². The third-order valence-corrected chi connectivity index (χ3v) is 3.86. The summed E-state index contributed by atoms with van der Waals surface area (Å²) in [6.07, 6.45) is 3.54. The topological polar surface area (TPSA) is 66.9 Å². The summed E-state index contributed by atoms with van der Waals surface area (Å²) >= 11 is 5.84. The molecule has 0 saturated carbocycles. The fourth-order valence-corrected chi connectivity index (χ4v) is 2.40. The van der Waals surface area contributed by atoms with Crippen LogP contribution in [0.4, 0.5) is 16.0 Å². The second-order valence-electron chi connectivity index (χ2n) is 5.56. The van der Waals surface area contributed by atoms with Gasteiger partial charge in [0.05, 0.1) is 5.56 Å². The Labute approximate surface area is 155 Å². The Hall–Kier alpha value is -2.99. The van der Waals surface area contributed by atoms with Crippen LogP contribution in [0, 0.1) is 5.82 Å². The minimum absolute atomic E-state index is 0.253. The van der Waals surface area contributed by atoms with Crippen molar-refractivity contribution in [2.75, 3.05) is 11.9 Å². The van der Waals surface area contributed by atoms with Gasteiger partial charge in [-0.2, -0.15) is 0 Å². The van der Waals surface area contributed by atoms with E-state index in [4.69, 9.17) is 11.6 Å². The molecule has 0 aliphatic heterocycles. The van der Waals surface area contributed by atoms with E-state index >= 15 is 0 Å². The number of nitrogens with one attached hydrogen (secondary N) is 2. The van der Waals surface area contributed by atoms with Gasteiger partial charge in [-0.15, -0.1) is 0 Å². The monoisotopic (exact) mass is 370 g/mol. The summed E-state index contributed by atoms with van der Waals surface area (Å²) in [6.45, 7) is 0.490. The molecule has 0 spiro atoms. The molecule has 3 rings (SSSR count). The highest BCUT2D eigenvalue weighted by atomic mass is 35.5. The van der Waals surface area contributed by atoms with Crippen molar-refractivity contribution in [3.63, 3.8) is 0 Å². The van der Waals surface area contributed by atoms with Gasteiger partial charge >= 0.3 is 0 Å². The molecule has 2 aromatic carbocycles. The number of rotatable bonds is 6. The molecule has 0 unspecified atom stereocenters. The first kappa shape index (κ1) is 17.8. The summed E-state index contributed by atoms with van der Waals surface area (Å²) in [6, 6.07) is 13.4. The Morgan fingerprint density at radius 3 is 2.50 bits per heavy atom. The van der Waals surface area contributed by atoms with E-state index in [1.165, 1.54) is 24.5 Å². The number of nitrogens with zero attached hydrogens (tertiary/aromatic N) is 2. The molecule has 1 heterocycles. The molecule has 0 atom stereocenters. The van der Waals surface area contributed by atoms with E-state index in [0.29, 0.717) is 29.2 Å². The van der Waals surface area contributed by atoms with Crippen molar-refractivity contribution in [3.05, 3.63) is 82.9 Å². The maximum Gasteiger partial charge on any atom is 0.254 e. The smallest absolute Gasteiger partial charge is 0.254 e. The fourth-order valence-electron chi connectivity index (χ4n) is 2.28. The lowest BCUT2D eigenvalue weighted by Crippen LogP contribution is -2.26. The molecule has 1 aromatic heterocycles. The predicted octanol–water partition coefficient (Wildman–Crippen LogP) is 3.99. The van der Waals surface area contributed by atoms with Crippen LogP contribution in [0.1, 0.15) is 15.9 Å². The molecule has 26 heavy (non-hydrogen) atoms. The van der Waals surface area contributed by atoms with Crippen molar-refractivity contribution in [1.29, 1.82) is 0 Å². The van der Waals surface area contributed by atoms with Crippen LogP contribution in [0.5, 0.6) is 0 Å². The lowest BCUT2D eigenvalue weighted by molar-refractivity contribution is 0.0953. The summed E-state index contributed by atoms with van der Waals surface area (Å²) in [4.78, 5) is 20.3. The zero-order valence-corrected chi connectivity index (χ0v) is 14.5. The molecule has 132 valence electrons. The maximum atomic E-state index is 13.2. The Bertz CT molecular complexity index is 885.